The van der Waals surface area contributed by atoms with Gasteiger partial charge in [0.15, 0.2) is 5.69 Å². The number of ether oxygens (including phenoxy) is 1. The van der Waals surface area contributed by atoms with Crippen molar-refractivity contribution in [1.82, 2.24) is 4.48 Å². The van der Waals surface area contributed by atoms with Crippen molar-refractivity contribution >= 4 is 29.5 Å². The Labute approximate surface area is 138 Å². The van der Waals surface area contributed by atoms with Crippen LogP contribution in [0.15, 0.2) is 23.9 Å². The molecule has 1 amide bonds. The van der Waals surface area contributed by atoms with Crippen LogP contribution in [0.3, 0.4) is 0 Å². The number of quaternary nitrogens is 1. The minimum absolute atomic E-state index is 0.0765. The Morgan fingerprint density at radius 2 is 1.96 bits per heavy atom. The number of carbonyl (C=O) groups excluding carboxylic acids is 1. The third-order valence-electron chi connectivity index (χ3n) is 4.02. The van der Waals surface area contributed by atoms with Crippen LogP contribution < -0.4 is 4.48 Å². The topological polar surface area (TPSA) is 107 Å². The first-order valence-electron chi connectivity index (χ1n) is 7.38. The molecule has 8 heteroatoms. The molecule has 0 saturated carbocycles. The molecule has 0 radical (unpaired) electrons. The lowest BCUT2D eigenvalue weighted by Crippen LogP contribution is -2.64. The average molecular weight is 335 g/mol. The lowest BCUT2D eigenvalue weighted by Gasteiger charge is -2.40. The van der Waals surface area contributed by atoms with Gasteiger partial charge in [-0.05, 0) is 33.8 Å². The minimum atomic E-state index is -1.30. The SMILES string of the molecule is CCOC(=O)C1=Cc2ccc([N+](=O)[O-])cc2[N+]1(C(=O)O)C(C)(C)C. The van der Waals surface area contributed by atoms with Crippen molar-refractivity contribution in [3.63, 3.8) is 0 Å². The largest absolute Gasteiger partial charge is 0.524 e. The third kappa shape index (κ3) is 2.35. The molecule has 1 aliphatic heterocycles. The molecule has 0 aliphatic carbocycles. The summed E-state index contributed by atoms with van der Waals surface area (Å²) in [6, 6.07) is 3.93. The number of fused-ring (bicyclic) bond motifs is 1. The Balaban J connectivity index is 2.82. The van der Waals surface area contributed by atoms with Gasteiger partial charge in [-0.15, -0.1) is 4.48 Å². The van der Waals surface area contributed by atoms with E-state index in [4.69, 9.17) is 4.74 Å². The fourth-order valence-electron chi connectivity index (χ4n) is 3.05. The fraction of sp³-hybridized carbons (Fsp3) is 0.375. The predicted octanol–water partition coefficient (Wildman–Crippen LogP) is 3.30. The van der Waals surface area contributed by atoms with Crippen LogP contribution in [0.2, 0.25) is 0 Å². The molecule has 1 aliphatic rings. The zero-order valence-corrected chi connectivity index (χ0v) is 13.9. The Morgan fingerprint density at radius 1 is 1.33 bits per heavy atom. The highest BCUT2D eigenvalue weighted by atomic mass is 16.6. The van der Waals surface area contributed by atoms with E-state index in [-0.39, 0.29) is 23.7 Å². The zero-order valence-electron chi connectivity index (χ0n) is 13.9. The van der Waals surface area contributed by atoms with Crippen molar-refractivity contribution in [2.24, 2.45) is 0 Å². The summed E-state index contributed by atoms with van der Waals surface area (Å²) in [6.45, 7) is 6.68. The van der Waals surface area contributed by atoms with E-state index >= 15 is 0 Å². The molecule has 1 aromatic rings. The van der Waals surface area contributed by atoms with E-state index in [0.29, 0.717) is 5.56 Å². The lowest BCUT2D eigenvalue weighted by atomic mass is 9.99. The van der Waals surface area contributed by atoms with Crippen molar-refractivity contribution in [2.75, 3.05) is 6.61 Å². The summed E-state index contributed by atoms with van der Waals surface area (Å²) in [5, 5.41) is 21.1. The van der Waals surface area contributed by atoms with E-state index < -0.39 is 27.0 Å². The standard InChI is InChI=1S/C16H18N2O6/c1-5-24-14(19)13-8-10-6-7-11(17(22)23)9-12(10)18(13,15(20)21)16(2,3)4/h6-9H,5H2,1-4H3/p+1. The molecule has 1 aromatic carbocycles. The minimum Gasteiger partial charge on any atom is -0.458 e. The zero-order chi connectivity index (χ0) is 18.3. The number of nitro groups is 1. The van der Waals surface area contributed by atoms with Gasteiger partial charge in [0.1, 0.15) is 5.54 Å². The third-order valence-corrected chi connectivity index (χ3v) is 4.02. The van der Waals surface area contributed by atoms with Crippen LogP contribution >= 0.6 is 0 Å². The average Bonchev–Trinajstić information content (AvgIpc) is 2.82. The predicted molar refractivity (Wildman–Crippen MR) is 87.3 cm³/mol. The number of rotatable bonds is 3. The number of nitrogens with zero attached hydrogens (tertiary/aromatic N) is 2. The molecule has 2 rings (SSSR count). The molecule has 128 valence electrons. The summed E-state index contributed by atoms with van der Waals surface area (Å²) < 4.78 is 4.16. The summed E-state index contributed by atoms with van der Waals surface area (Å²) in [5.41, 5.74) is -0.675. The van der Waals surface area contributed by atoms with Crippen LogP contribution in [0.1, 0.15) is 33.3 Å². The second-order valence-corrected chi connectivity index (χ2v) is 6.37. The van der Waals surface area contributed by atoms with Crippen molar-refractivity contribution < 1.29 is 24.4 Å². The van der Waals surface area contributed by atoms with Gasteiger partial charge in [0, 0.05) is 17.7 Å². The fourth-order valence-corrected chi connectivity index (χ4v) is 3.05. The molecule has 1 unspecified atom stereocenters. The van der Waals surface area contributed by atoms with Crippen molar-refractivity contribution in [1.29, 1.82) is 0 Å². The van der Waals surface area contributed by atoms with Crippen LogP contribution in [-0.4, -0.2) is 34.2 Å². The van der Waals surface area contributed by atoms with Crippen LogP contribution in [0.25, 0.3) is 6.08 Å². The van der Waals surface area contributed by atoms with Crippen LogP contribution in [-0.2, 0) is 9.53 Å². The summed E-state index contributed by atoms with van der Waals surface area (Å²) in [7, 11) is 0. The van der Waals surface area contributed by atoms with Crippen molar-refractivity contribution in [3.8, 4) is 0 Å². The van der Waals surface area contributed by atoms with Crippen LogP contribution in [0.5, 0.6) is 0 Å². The van der Waals surface area contributed by atoms with E-state index in [0.717, 1.165) is 0 Å². The molecule has 8 nitrogen and oxygen atoms in total. The van der Waals surface area contributed by atoms with Crippen molar-refractivity contribution in [3.05, 3.63) is 39.6 Å². The van der Waals surface area contributed by atoms with Gasteiger partial charge in [-0.2, -0.15) is 4.79 Å². The van der Waals surface area contributed by atoms with Crippen LogP contribution in [0.4, 0.5) is 16.2 Å². The number of carboxylic acid groups (broad SMARTS) is 1. The monoisotopic (exact) mass is 335 g/mol. The molecule has 0 bridgehead atoms. The Kier molecular flexibility index (Phi) is 4.19. The highest BCUT2D eigenvalue weighted by molar-refractivity contribution is 6.08. The number of non-ortho nitro benzene ring substituents is 1. The number of hydrogen-bond acceptors (Lipinski definition) is 5. The Hall–Kier alpha value is -2.74. The second-order valence-electron chi connectivity index (χ2n) is 6.37. The molecule has 0 aromatic heterocycles. The molecule has 1 heterocycles. The van der Waals surface area contributed by atoms with E-state index in [1.54, 1.807) is 27.7 Å². The van der Waals surface area contributed by atoms with E-state index in [1.807, 2.05) is 0 Å². The van der Waals surface area contributed by atoms with Crippen molar-refractivity contribution in [2.45, 2.75) is 33.2 Å². The molecule has 1 N–H and O–H groups in total. The first-order chi connectivity index (χ1) is 11.1. The summed E-state index contributed by atoms with van der Waals surface area (Å²) in [5.74, 6) is -0.756. The van der Waals surface area contributed by atoms with Gasteiger partial charge in [-0.3, -0.25) is 10.1 Å². The second kappa shape index (κ2) is 5.72. The van der Waals surface area contributed by atoms with Gasteiger partial charge in [0.2, 0.25) is 5.70 Å². The maximum absolute atomic E-state index is 12.4. The van der Waals surface area contributed by atoms with E-state index in [1.165, 1.54) is 24.3 Å². The number of hydrogen-bond donors (Lipinski definition) is 1. The van der Waals surface area contributed by atoms with Gasteiger partial charge in [-0.25, -0.2) is 4.79 Å². The van der Waals surface area contributed by atoms with E-state index in [9.17, 15) is 24.8 Å². The van der Waals surface area contributed by atoms with Crippen LogP contribution in [0, 0.1) is 10.1 Å². The lowest BCUT2D eigenvalue weighted by molar-refractivity contribution is -0.384. The number of amides is 1. The van der Waals surface area contributed by atoms with Gasteiger partial charge in [0.05, 0.1) is 17.6 Å². The highest BCUT2D eigenvalue weighted by Gasteiger charge is 2.60. The molecule has 24 heavy (non-hydrogen) atoms. The quantitative estimate of drug-likeness (QED) is 0.393. The Bertz CT molecular complexity index is 762. The molecule has 0 spiro atoms. The van der Waals surface area contributed by atoms with E-state index in [2.05, 4.69) is 0 Å². The highest BCUT2D eigenvalue weighted by Crippen LogP contribution is 2.48. The normalized spacial score (nSPS) is 19.4. The number of esters is 1. The first kappa shape index (κ1) is 17.6. The van der Waals surface area contributed by atoms with Gasteiger partial charge in [0.25, 0.3) is 5.69 Å². The summed E-state index contributed by atoms with van der Waals surface area (Å²) in [6.07, 6.45) is 0.122. The maximum atomic E-state index is 12.4. The number of carbonyl (C=O) groups is 2. The summed E-state index contributed by atoms with van der Waals surface area (Å²) in [4.78, 5) is 35.2. The molecule has 1 atom stereocenters. The molecule has 0 fully saturated rings. The number of nitro benzene ring substituents is 1. The van der Waals surface area contributed by atoms with Gasteiger partial charge >= 0.3 is 12.1 Å². The van der Waals surface area contributed by atoms with Gasteiger partial charge in [-0.1, -0.05) is 0 Å². The molecular formula is C16H19N2O6+. The van der Waals surface area contributed by atoms with Gasteiger partial charge < -0.3 is 9.84 Å². The smallest absolute Gasteiger partial charge is 0.458 e. The Morgan fingerprint density at radius 3 is 2.42 bits per heavy atom. The molecule has 0 saturated heterocycles. The number of benzene rings is 1. The molecular weight excluding hydrogens is 316 g/mol. The maximum Gasteiger partial charge on any atom is 0.524 e. The summed E-state index contributed by atoms with van der Waals surface area (Å²) >= 11 is 0. The first-order valence-corrected chi connectivity index (χ1v) is 7.38.